The van der Waals surface area contributed by atoms with Gasteiger partial charge < -0.3 is 9.80 Å². The van der Waals surface area contributed by atoms with Gasteiger partial charge in [-0.2, -0.15) is 0 Å². The number of fused-ring (bicyclic) bond motifs is 4. The molecule has 5 aromatic rings. The Hall–Kier alpha value is -4.63. The Labute approximate surface area is 218 Å². The molecule has 37 heavy (non-hydrogen) atoms. The second-order valence-electron chi connectivity index (χ2n) is 10.2. The van der Waals surface area contributed by atoms with Gasteiger partial charge in [0.15, 0.2) is 0 Å². The molecule has 0 spiro atoms. The van der Waals surface area contributed by atoms with Gasteiger partial charge in [-0.1, -0.05) is 93.2 Å². The van der Waals surface area contributed by atoms with E-state index in [0.717, 1.165) is 39.4 Å². The van der Waals surface area contributed by atoms with Crippen LogP contribution in [0.2, 0.25) is 0 Å². The number of hydrogen-bond donors (Lipinski definition) is 0. The first-order valence-electron chi connectivity index (χ1n) is 12.7. The van der Waals surface area contributed by atoms with Crippen LogP contribution in [0.1, 0.15) is 36.1 Å². The molecule has 0 unspecified atom stereocenters. The Kier molecular flexibility index (Phi) is 4.64. The first-order valence-corrected chi connectivity index (χ1v) is 12.7. The van der Waals surface area contributed by atoms with Gasteiger partial charge in [0.2, 0.25) is 0 Å². The fourth-order valence-corrected chi connectivity index (χ4v) is 6.01. The summed E-state index contributed by atoms with van der Waals surface area (Å²) in [6, 6.07) is 36.6. The molecule has 0 aliphatic carbocycles. The van der Waals surface area contributed by atoms with Gasteiger partial charge >= 0.3 is 0 Å². The van der Waals surface area contributed by atoms with Crippen molar-refractivity contribution in [3.05, 3.63) is 144 Å². The van der Waals surface area contributed by atoms with Crippen molar-refractivity contribution in [3.63, 3.8) is 0 Å². The van der Waals surface area contributed by atoms with Crippen LogP contribution >= 0.6 is 0 Å². The molecule has 7 rings (SSSR count). The van der Waals surface area contributed by atoms with Gasteiger partial charge in [0.05, 0.1) is 46.5 Å². The average Bonchev–Trinajstić information content (AvgIpc) is 2.94. The van der Waals surface area contributed by atoms with E-state index < -0.39 is 0 Å². The number of aromatic nitrogens is 1. The highest BCUT2D eigenvalue weighted by Gasteiger charge is 2.37. The van der Waals surface area contributed by atoms with Gasteiger partial charge in [0.25, 0.3) is 0 Å². The molecule has 0 fully saturated rings. The summed E-state index contributed by atoms with van der Waals surface area (Å²) in [6.45, 7) is 9.05. The average molecular weight is 478 g/mol. The Morgan fingerprint density at radius 3 is 1.49 bits per heavy atom. The van der Waals surface area contributed by atoms with Gasteiger partial charge in [0.1, 0.15) is 0 Å². The van der Waals surface area contributed by atoms with E-state index in [1.807, 2.05) is 12.4 Å². The summed E-state index contributed by atoms with van der Waals surface area (Å²) >= 11 is 0. The summed E-state index contributed by atoms with van der Waals surface area (Å²) in [6.07, 6.45) is 3.92. The second kappa shape index (κ2) is 7.94. The Morgan fingerprint density at radius 2 is 0.973 bits per heavy atom. The maximum Gasteiger partial charge on any atom is 0.0666 e. The molecule has 1 aromatic heterocycles. The molecule has 0 saturated heterocycles. The minimum atomic E-state index is -0.0974. The quantitative estimate of drug-likeness (QED) is 0.248. The molecule has 0 saturated carbocycles. The van der Waals surface area contributed by atoms with E-state index in [4.69, 9.17) is 4.98 Å². The highest BCUT2D eigenvalue weighted by atomic mass is 15.2. The van der Waals surface area contributed by atoms with Crippen molar-refractivity contribution in [3.8, 4) is 0 Å². The van der Waals surface area contributed by atoms with Crippen LogP contribution in [0, 0.1) is 0 Å². The Bertz CT molecular complexity index is 1600. The fraction of sp³-hybridized carbons (Fsp3) is 0.0882. The molecule has 3 heteroatoms. The third-order valence-corrected chi connectivity index (χ3v) is 7.80. The molecule has 3 nitrogen and oxygen atoms in total. The maximum atomic E-state index is 4.78. The van der Waals surface area contributed by atoms with E-state index in [9.17, 15) is 0 Å². The van der Waals surface area contributed by atoms with Crippen molar-refractivity contribution in [2.24, 2.45) is 0 Å². The number of nitrogens with zero attached hydrogens (tertiary/aromatic N) is 3. The first kappa shape index (κ1) is 21.6. The lowest BCUT2D eigenvalue weighted by Gasteiger charge is -2.42. The van der Waals surface area contributed by atoms with E-state index >= 15 is 0 Å². The second-order valence-corrected chi connectivity index (χ2v) is 10.2. The van der Waals surface area contributed by atoms with Crippen LogP contribution in [0.5, 0.6) is 0 Å². The van der Waals surface area contributed by atoms with Crippen molar-refractivity contribution in [2.75, 3.05) is 9.80 Å². The zero-order chi connectivity index (χ0) is 25.1. The summed E-state index contributed by atoms with van der Waals surface area (Å²) in [5.41, 5.74) is 12.5. The van der Waals surface area contributed by atoms with Gasteiger partial charge in [-0.05, 0) is 47.0 Å². The monoisotopic (exact) mass is 477 g/mol. The summed E-state index contributed by atoms with van der Waals surface area (Å²) in [5, 5.41) is 0. The number of anilines is 6. The summed E-state index contributed by atoms with van der Waals surface area (Å²) in [5.74, 6) is 0. The molecule has 0 bridgehead atoms. The van der Waals surface area contributed by atoms with Gasteiger partial charge in [-0.15, -0.1) is 0 Å². The molecule has 0 atom stereocenters. The van der Waals surface area contributed by atoms with Crippen molar-refractivity contribution < 1.29 is 0 Å². The van der Waals surface area contributed by atoms with E-state index in [2.05, 4.69) is 133 Å². The Balaban J connectivity index is 1.44. The number of pyridine rings is 1. The molecule has 0 amide bonds. The lowest BCUT2D eigenvalue weighted by atomic mass is 9.73. The largest absolute Gasteiger partial charge is 0.308 e. The third kappa shape index (κ3) is 3.10. The first-order chi connectivity index (χ1) is 18.1. The van der Waals surface area contributed by atoms with E-state index in [0.29, 0.717) is 0 Å². The zero-order valence-corrected chi connectivity index (χ0v) is 21.0. The molecule has 178 valence electrons. The normalized spacial score (nSPS) is 14.9. The topological polar surface area (TPSA) is 19.4 Å². The lowest BCUT2D eigenvalue weighted by Crippen LogP contribution is -2.30. The lowest BCUT2D eigenvalue weighted by molar-refractivity contribution is 0.632. The molecule has 2 aliphatic heterocycles. The van der Waals surface area contributed by atoms with Gasteiger partial charge in [0, 0.05) is 16.5 Å². The van der Waals surface area contributed by atoms with E-state index in [-0.39, 0.29) is 5.41 Å². The molecular weight excluding hydrogens is 450 g/mol. The van der Waals surface area contributed by atoms with Crippen LogP contribution in [-0.2, 0) is 5.41 Å². The van der Waals surface area contributed by atoms with Crippen LogP contribution in [-0.4, -0.2) is 4.98 Å². The highest BCUT2D eigenvalue weighted by Crippen LogP contribution is 2.53. The van der Waals surface area contributed by atoms with Crippen molar-refractivity contribution in [1.29, 1.82) is 0 Å². The predicted molar refractivity (Wildman–Crippen MR) is 154 cm³/mol. The standard InChI is InChI=1S/C34H27N3/c1-23-26-12-4-8-16-30(26)36(31-17-9-5-13-27(23)31)24-20-25(22-35-21-24)37-32-18-10-6-14-28(32)34(2,3)29-15-7-11-19-33(29)37/h4-22H,1H2,2-3H3. The van der Waals surface area contributed by atoms with E-state index in [1.165, 1.54) is 22.5 Å². The van der Waals surface area contributed by atoms with Crippen LogP contribution in [0.25, 0.3) is 5.57 Å². The highest BCUT2D eigenvalue weighted by molar-refractivity contribution is 6.00. The van der Waals surface area contributed by atoms with Gasteiger partial charge in [-0.25, -0.2) is 0 Å². The number of hydrogen-bond acceptors (Lipinski definition) is 3. The van der Waals surface area contributed by atoms with Crippen molar-refractivity contribution in [2.45, 2.75) is 19.3 Å². The number of para-hydroxylation sites is 4. The predicted octanol–water partition coefficient (Wildman–Crippen LogP) is 9.04. The molecule has 2 aliphatic rings. The van der Waals surface area contributed by atoms with Crippen LogP contribution in [0.15, 0.2) is 122 Å². The minimum absolute atomic E-state index is 0.0974. The SMILES string of the molecule is C=C1c2ccccc2N(c2cncc(N3c4ccccc4C(C)(C)c4ccccc43)c2)c2ccccc21. The fourth-order valence-electron chi connectivity index (χ4n) is 6.01. The minimum Gasteiger partial charge on any atom is -0.308 e. The van der Waals surface area contributed by atoms with Crippen LogP contribution in [0.3, 0.4) is 0 Å². The molecule has 3 heterocycles. The number of benzene rings is 4. The summed E-state index contributed by atoms with van der Waals surface area (Å²) < 4.78 is 0. The summed E-state index contributed by atoms with van der Waals surface area (Å²) in [7, 11) is 0. The molecular formula is C34H27N3. The maximum absolute atomic E-state index is 4.78. The molecule has 0 N–H and O–H groups in total. The smallest absolute Gasteiger partial charge is 0.0666 e. The van der Waals surface area contributed by atoms with Crippen LogP contribution in [0.4, 0.5) is 34.1 Å². The van der Waals surface area contributed by atoms with Crippen molar-refractivity contribution in [1.82, 2.24) is 4.98 Å². The summed E-state index contributed by atoms with van der Waals surface area (Å²) in [4.78, 5) is 9.44. The van der Waals surface area contributed by atoms with E-state index in [1.54, 1.807) is 0 Å². The zero-order valence-electron chi connectivity index (χ0n) is 21.0. The molecule has 4 aromatic carbocycles. The third-order valence-electron chi connectivity index (χ3n) is 7.80. The van der Waals surface area contributed by atoms with Crippen LogP contribution < -0.4 is 9.80 Å². The van der Waals surface area contributed by atoms with Gasteiger partial charge in [-0.3, -0.25) is 4.98 Å². The number of rotatable bonds is 2. The molecule has 0 radical (unpaired) electrons. The Morgan fingerprint density at radius 1 is 0.568 bits per heavy atom. The van der Waals surface area contributed by atoms with Crippen molar-refractivity contribution >= 4 is 39.7 Å².